The molecular weight excluding hydrogens is 264 g/mol. The summed E-state index contributed by atoms with van der Waals surface area (Å²) in [7, 11) is 1.22. The van der Waals surface area contributed by atoms with Gasteiger partial charge in [-0.15, -0.1) is 6.58 Å². The van der Waals surface area contributed by atoms with Crippen LogP contribution in [0.15, 0.2) is 24.8 Å². The molecule has 7 heteroatoms. The first-order valence-corrected chi connectivity index (χ1v) is 5.97. The second kappa shape index (κ2) is 5.60. The molecule has 1 aliphatic rings. The second-order valence-corrected chi connectivity index (χ2v) is 4.29. The van der Waals surface area contributed by atoms with Crippen molar-refractivity contribution in [3.05, 3.63) is 40.5 Å². The summed E-state index contributed by atoms with van der Waals surface area (Å²) in [6.07, 6.45) is 2.33. The molecule has 1 aromatic carbocycles. The van der Waals surface area contributed by atoms with E-state index >= 15 is 0 Å². The second-order valence-electron chi connectivity index (χ2n) is 4.29. The van der Waals surface area contributed by atoms with Crippen LogP contribution in [0.1, 0.15) is 16.8 Å². The Morgan fingerprint density at radius 3 is 3.05 bits per heavy atom. The molecule has 0 spiro atoms. The molecule has 7 nitrogen and oxygen atoms in total. The lowest BCUT2D eigenvalue weighted by Gasteiger charge is -2.26. The minimum Gasteiger partial charge on any atom is -0.489 e. The predicted octanol–water partition coefficient (Wildman–Crippen LogP) is 2.13. The molecule has 1 N–H and O–H groups in total. The zero-order chi connectivity index (χ0) is 14.7. The van der Waals surface area contributed by atoms with Crippen LogP contribution in [0.25, 0.3) is 0 Å². The Hall–Kier alpha value is -2.57. The van der Waals surface area contributed by atoms with Gasteiger partial charge in [-0.2, -0.15) is 0 Å². The smallest absolute Gasteiger partial charge is 0.338 e. The average molecular weight is 278 g/mol. The van der Waals surface area contributed by atoms with Gasteiger partial charge in [-0.25, -0.2) is 4.79 Å². The summed E-state index contributed by atoms with van der Waals surface area (Å²) < 4.78 is 10.1. The fraction of sp³-hybridized carbons (Fsp3) is 0.308. The third-order valence-electron chi connectivity index (χ3n) is 2.94. The van der Waals surface area contributed by atoms with Crippen LogP contribution in [0.4, 0.5) is 11.4 Å². The van der Waals surface area contributed by atoms with Gasteiger partial charge in [0.2, 0.25) is 0 Å². The molecule has 106 valence electrons. The molecule has 1 unspecified atom stereocenters. The monoisotopic (exact) mass is 278 g/mol. The standard InChI is InChI=1S/C13H14N2O5/c1-3-4-9-7-20-11-6-8(13(16)19-2)5-10(15(17)18)12(11)14-9/h3,5-6,9,14H,1,4,7H2,2H3. The SMILES string of the molecule is C=CCC1COc2cc(C(=O)OC)cc([N+](=O)[O-])c2N1. The number of benzene rings is 1. The third-order valence-corrected chi connectivity index (χ3v) is 2.94. The van der Waals surface area contributed by atoms with Crippen molar-refractivity contribution in [2.24, 2.45) is 0 Å². The molecule has 1 aliphatic heterocycles. The van der Waals surface area contributed by atoms with E-state index in [0.717, 1.165) is 0 Å². The number of ether oxygens (including phenoxy) is 2. The summed E-state index contributed by atoms with van der Waals surface area (Å²) in [4.78, 5) is 22.1. The van der Waals surface area contributed by atoms with Gasteiger partial charge in [0.1, 0.15) is 12.4 Å². The number of nitro groups is 1. The van der Waals surface area contributed by atoms with Crippen molar-refractivity contribution in [1.82, 2.24) is 0 Å². The normalized spacial score (nSPS) is 16.4. The first-order chi connectivity index (χ1) is 9.56. The summed E-state index contributed by atoms with van der Waals surface area (Å²) in [6.45, 7) is 3.97. The molecule has 2 rings (SSSR count). The van der Waals surface area contributed by atoms with Crippen molar-refractivity contribution in [3.8, 4) is 5.75 Å². The quantitative estimate of drug-likeness (QED) is 0.392. The van der Waals surface area contributed by atoms with Crippen molar-refractivity contribution in [3.63, 3.8) is 0 Å². The fourth-order valence-corrected chi connectivity index (χ4v) is 2.00. The van der Waals surface area contributed by atoms with E-state index < -0.39 is 10.9 Å². The highest BCUT2D eigenvalue weighted by Crippen LogP contribution is 2.39. The first kappa shape index (κ1) is 13.9. The molecular formula is C13H14N2O5. The van der Waals surface area contributed by atoms with Crippen molar-refractivity contribution in [2.45, 2.75) is 12.5 Å². The molecule has 0 radical (unpaired) electrons. The van der Waals surface area contributed by atoms with E-state index in [4.69, 9.17) is 4.74 Å². The molecule has 1 atom stereocenters. The Kier molecular flexibility index (Phi) is 3.88. The largest absolute Gasteiger partial charge is 0.489 e. The van der Waals surface area contributed by atoms with Crippen LogP contribution in [-0.2, 0) is 4.74 Å². The number of hydrogen-bond donors (Lipinski definition) is 1. The highest BCUT2D eigenvalue weighted by molar-refractivity contribution is 5.93. The van der Waals surface area contributed by atoms with Crippen LogP contribution in [0.2, 0.25) is 0 Å². The van der Waals surface area contributed by atoms with Crippen LogP contribution >= 0.6 is 0 Å². The minimum atomic E-state index is -0.646. The number of nitro benzene ring substituents is 1. The lowest BCUT2D eigenvalue weighted by Crippen LogP contribution is -2.31. The van der Waals surface area contributed by atoms with E-state index in [1.165, 1.54) is 19.2 Å². The van der Waals surface area contributed by atoms with Gasteiger partial charge in [0, 0.05) is 6.07 Å². The van der Waals surface area contributed by atoms with Crippen molar-refractivity contribution in [1.29, 1.82) is 0 Å². The van der Waals surface area contributed by atoms with Crippen LogP contribution in [0.3, 0.4) is 0 Å². The number of nitrogens with one attached hydrogen (secondary N) is 1. The van der Waals surface area contributed by atoms with Gasteiger partial charge in [-0.05, 0) is 12.5 Å². The molecule has 20 heavy (non-hydrogen) atoms. The van der Waals surface area contributed by atoms with E-state index in [-0.39, 0.29) is 28.7 Å². The number of fused-ring (bicyclic) bond motifs is 1. The number of carbonyl (C=O) groups excluding carboxylic acids is 1. The Bertz CT molecular complexity index is 570. The van der Waals surface area contributed by atoms with Crippen LogP contribution in [-0.4, -0.2) is 30.7 Å². The Balaban J connectivity index is 2.45. The van der Waals surface area contributed by atoms with Crippen molar-refractivity contribution >= 4 is 17.3 Å². The molecule has 0 saturated carbocycles. The highest BCUT2D eigenvalue weighted by Gasteiger charge is 2.28. The van der Waals surface area contributed by atoms with Gasteiger partial charge in [-0.3, -0.25) is 10.1 Å². The maximum Gasteiger partial charge on any atom is 0.338 e. The maximum atomic E-state index is 11.5. The Labute approximate surface area is 115 Å². The average Bonchev–Trinajstić information content (AvgIpc) is 2.45. The van der Waals surface area contributed by atoms with Crippen molar-refractivity contribution in [2.75, 3.05) is 19.0 Å². The lowest BCUT2D eigenvalue weighted by molar-refractivity contribution is -0.384. The fourth-order valence-electron chi connectivity index (χ4n) is 2.00. The van der Waals surface area contributed by atoms with Gasteiger partial charge in [0.15, 0.2) is 5.69 Å². The Morgan fingerprint density at radius 2 is 2.45 bits per heavy atom. The number of nitrogens with zero attached hydrogens (tertiary/aromatic N) is 1. The maximum absolute atomic E-state index is 11.5. The molecule has 0 aromatic heterocycles. The van der Waals surface area contributed by atoms with Crippen LogP contribution < -0.4 is 10.1 Å². The minimum absolute atomic E-state index is 0.0809. The Morgan fingerprint density at radius 1 is 1.70 bits per heavy atom. The van der Waals surface area contributed by atoms with Gasteiger partial charge >= 0.3 is 5.97 Å². The molecule has 0 fully saturated rings. The predicted molar refractivity (Wildman–Crippen MR) is 72.2 cm³/mol. The topological polar surface area (TPSA) is 90.7 Å². The number of rotatable bonds is 4. The molecule has 0 saturated heterocycles. The highest BCUT2D eigenvalue weighted by atomic mass is 16.6. The zero-order valence-corrected chi connectivity index (χ0v) is 10.9. The van der Waals surface area contributed by atoms with E-state index in [9.17, 15) is 14.9 Å². The summed E-state index contributed by atoms with van der Waals surface area (Å²) >= 11 is 0. The number of carbonyl (C=O) groups is 1. The van der Waals surface area contributed by atoms with E-state index in [0.29, 0.717) is 13.0 Å². The van der Waals surface area contributed by atoms with Gasteiger partial charge in [-0.1, -0.05) is 6.08 Å². The van der Waals surface area contributed by atoms with Gasteiger partial charge in [0.05, 0.1) is 23.6 Å². The first-order valence-electron chi connectivity index (χ1n) is 5.97. The van der Waals surface area contributed by atoms with E-state index in [2.05, 4.69) is 16.6 Å². The number of anilines is 1. The van der Waals surface area contributed by atoms with E-state index in [1.807, 2.05) is 0 Å². The number of esters is 1. The van der Waals surface area contributed by atoms with Gasteiger partial charge in [0.25, 0.3) is 5.69 Å². The lowest BCUT2D eigenvalue weighted by atomic mass is 10.1. The summed E-state index contributed by atoms with van der Waals surface area (Å²) in [6, 6.07) is 2.53. The van der Waals surface area contributed by atoms with Crippen LogP contribution in [0.5, 0.6) is 5.75 Å². The molecule has 1 heterocycles. The number of hydrogen-bond acceptors (Lipinski definition) is 6. The molecule has 1 aromatic rings. The van der Waals surface area contributed by atoms with Crippen LogP contribution in [0, 0.1) is 10.1 Å². The molecule has 0 bridgehead atoms. The number of methoxy groups -OCH3 is 1. The zero-order valence-electron chi connectivity index (χ0n) is 10.9. The molecule has 0 aliphatic carbocycles. The summed E-state index contributed by atoms with van der Waals surface area (Å²) in [5.74, 6) is -0.368. The van der Waals surface area contributed by atoms with Crippen molar-refractivity contribution < 1.29 is 19.2 Å². The summed E-state index contributed by atoms with van der Waals surface area (Å²) in [5, 5.41) is 14.2. The van der Waals surface area contributed by atoms with Gasteiger partial charge < -0.3 is 14.8 Å². The third kappa shape index (κ3) is 2.56. The van der Waals surface area contributed by atoms with E-state index in [1.54, 1.807) is 6.08 Å². The summed E-state index contributed by atoms with van der Waals surface area (Å²) in [5.41, 5.74) is 0.152. The molecule has 0 amide bonds.